The molecule has 0 bridgehead atoms. The molecule has 1 saturated carbocycles. The molecule has 1 saturated heterocycles. The minimum Gasteiger partial charge on any atom is -0.387 e. The Bertz CT molecular complexity index is 378. The number of nitrogens with one attached hydrogen (secondary N) is 1. The Balaban J connectivity index is 1.64. The first-order valence-electron chi connectivity index (χ1n) is 7.42. The van der Waals surface area contributed by atoms with Gasteiger partial charge < -0.3 is 10.0 Å². The summed E-state index contributed by atoms with van der Waals surface area (Å²) in [5.74, 6) is 0.704. The zero-order chi connectivity index (χ0) is 12.4. The maximum atomic E-state index is 10.2. The highest BCUT2D eigenvalue weighted by molar-refractivity contribution is 5.19. The van der Waals surface area contributed by atoms with Crippen molar-refractivity contribution in [1.29, 1.82) is 0 Å². The standard InChI is InChI=1S/C16H23NO/c18-16-9-5-4-8-15(16)17-11-10-14(12-17)13-6-2-1-3-7-13/h1-3,6-7,14-16,18H,4-5,8-12H2/p+1. The normalized spacial score (nSPS) is 36.7. The molecule has 18 heavy (non-hydrogen) atoms. The Hall–Kier alpha value is -0.860. The van der Waals surface area contributed by atoms with Crippen molar-refractivity contribution in [2.24, 2.45) is 0 Å². The van der Waals surface area contributed by atoms with Crippen molar-refractivity contribution < 1.29 is 10.0 Å². The summed E-state index contributed by atoms with van der Waals surface area (Å²) >= 11 is 0. The van der Waals surface area contributed by atoms with Gasteiger partial charge in [0.1, 0.15) is 12.1 Å². The van der Waals surface area contributed by atoms with Crippen molar-refractivity contribution in [3.63, 3.8) is 0 Å². The van der Waals surface area contributed by atoms with Gasteiger partial charge in [0.2, 0.25) is 0 Å². The average Bonchev–Trinajstić information content (AvgIpc) is 2.90. The first-order valence-corrected chi connectivity index (χ1v) is 7.42. The summed E-state index contributed by atoms with van der Waals surface area (Å²) < 4.78 is 0. The molecule has 0 spiro atoms. The number of hydrogen-bond donors (Lipinski definition) is 2. The van der Waals surface area contributed by atoms with Crippen LogP contribution in [0.25, 0.3) is 0 Å². The summed E-state index contributed by atoms with van der Waals surface area (Å²) in [4.78, 5) is 1.65. The van der Waals surface area contributed by atoms with E-state index in [9.17, 15) is 5.11 Å². The molecule has 1 aromatic carbocycles. The highest BCUT2D eigenvalue weighted by Crippen LogP contribution is 2.22. The number of aliphatic hydroxyl groups excluding tert-OH is 1. The summed E-state index contributed by atoms with van der Waals surface area (Å²) in [7, 11) is 0. The molecule has 3 rings (SSSR count). The second-order valence-corrected chi connectivity index (χ2v) is 5.97. The lowest BCUT2D eigenvalue weighted by Crippen LogP contribution is -3.15. The fraction of sp³-hybridized carbons (Fsp3) is 0.625. The van der Waals surface area contributed by atoms with Gasteiger partial charge in [0.25, 0.3) is 0 Å². The lowest BCUT2D eigenvalue weighted by molar-refractivity contribution is -0.919. The van der Waals surface area contributed by atoms with Gasteiger partial charge in [-0.05, 0) is 18.4 Å². The maximum absolute atomic E-state index is 10.2. The van der Waals surface area contributed by atoms with E-state index < -0.39 is 0 Å². The zero-order valence-electron chi connectivity index (χ0n) is 11.0. The lowest BCUT2D eigenvalue weighted by atomic mass is 9.91. The summed E-state index contributed by atoms with van der Waals surface area (Å²) in [6.07, 6.45) is 5.99. The minimum absolute atomic E-state index is 0.0525. The molecular weight excluding hydrogens is 222 g/mol. The molecule has 0 aromatic heterocycles. The highest BCUT2D eigenvalue weighted by atomic mass is 16.3. The van der Waals surface area contributed by atoms with Crippen LogP contribution in [0.15, 0.2) is 30.3 Å². The predicted molar refractivity (Wildman–Crippen MR) is 72.8 cm³/mol. The molecule has 2 aliphatic rings. The first-order chi connectivity index (χ1) is 8.84. The summed E-state index contributed by atoms with van der Waals surface area (Å²) in [6.45, 7) is 2.45. The van der Waals surface area contributed by atoms with Crippen molar-refractivity contribution in [1.82, 2.24) is 0 Å². The molecule has 2 heteroatoms. The molecule has 1 aliphatic heterocycles. The lowest BCUT2D eigenvalue weighted by Gasteiger charge is -2.32. The molecule has 98 valence electrons. The van der Waals surface area contributed by atoms with Gasteiger partial charge in [-0.3, -0.25) is 0 Å². The van der Waals surface area contributed by atoms with Crippen LogP contribution in [0.2, 0.25) is 0 Å². The predicted octanol–water partition coefficient (Wildman–Crippen LogP) is 1.36. The third kappa shape index (κ3) is 2.45. The molecule has 1 aliphatic carbocycles. The summed E-state index contributed by atoms with van der Waals surface area (Å²) in [5, 5.41) is 10.2. The molecule has 2 N–H and O–H groups in total. The third-order valence-electron chi connectivity index (χ3n) is 4.85. The van der Waals surface area contributed by atoms with E-state index >= 15 is 0 Å². The van der Waals surface area contributed by atoms with E-state index in [0.717, 1.165) is 6.42 Å². The molecule has 4 unspecified atom stereocenters. The van der Waals surface area contributed by atoms with Crippen LogP contribution >= 0.6 is 0 Å². The number of hydrogen-bond acceptors (Lipinski definition) is 1. The maximum Gasteiger partial charge on any atom is 0.114 e. The Morgan fingerprint density at radius 2 is 1.78 bits per heavy atom. The highest BCUT2D eigenvalue weighted by Gasteiger charge is 2.37. The van der Waals surface area contributed by atoms with E-state index in [-0.39, 0.29) is 6.10 Å². The van der Waals surface area contributed by atoms with Crippen molar-refractivity contribution in [3.8, 4) is 0 Å². The van der Waals surface area contributed by atoms with E-state index in [0.29, 0.717) is 12.0 Å². The summed E-state index contributed by atoms with van der Waals surface area (Å²) in [6, 6.07) is 11.4. The van der Waals surface area contributed by atoms with E-state index in [1.54, 1.807) is 4.90 Å². The van der Waals surface area contributed by atoms with Crippen LogP contribution in [0.1, 0.15) is 43.6 Å². The molecule has 4 atom stereocenters. The van der Waals surface area contributed by atoms with Crippen molar-refractivity contribution in [2.75, 3.05) is 13.1 Å². The van der Waals surface area contributed by atoms with Crippen LogP contribution < -0.4 is 4.90 Å². The number of rotatable bonds is 2. The molecule has 1 aromatic rings. The largest absolute Gasteiger partial charge is 0.387 e. The van der Waals surface area contributed by atoms with Crippen molar-refractivity contribution >= 4 is 0 Å². The van der Waals surface area contributed by atoms with Crippen molar-refractivity contribution in [3.05, 3.63) is 35.9 Å². The van der Waals surface area contributed by atoms with Crippen LogP contribution in [-0.2, 0) is 0 Å². The van der Waals surface area contributed by atoms with E-state index in [1.807, 2.05) is 0 Å². The van der Waals surface area contributed by atoms with E-state index in [1.165, 1.54) is 44.3 Å². The van der Waals surface area contributed by atoms with Gasteiger partial charge in [-0.2, -0.15) is 0 Å². The Kier molecular flexibility index (Phi) is 3.67. The smallest absolute Gasteiger partial charge is 0.114 e. The molecule has 2 fully saturated rings. The molecular formula is C16H24NO+. The molecule has 0 amide bonds. The van der Waals surface area contributed by atoms with Crippen molar-refractivity contribution in [2.45, 2.75) is 50.2 Å². The Labute approximate surface area is 110 Å². The number of quaternary nitrogens is 1. The quantitative estimate of drug-likeness (QED) is 0.809. The Morgan fingerprint density at radius 3 is 2.56 bits per heavy atom. The van der Waals surface area contributed by atoms with Crippen LogP contribution in [0.4, 0.5) is 0 Å². The molecule has 1 heterocycles. The number of benzene rings is 1. The molecule has 0 radical (unpaired) electrons. The Morgan fingerprint density at radius 1 is 1.00 bits per heavy atom. The average molecular weight is 246 g/mol. The fourth-order valence-corrected chi connectivity index (χ4v) is 3.81. The number of likely N-dealkylation sites (tertiary alicyclic amines) is 1. The van der Waals surface area contributed by atoms with E-state index in [4.69, 9.17) is 0 Å². The monoisotopic (exact) mass is 246 g/mol. The minimum atomic E-state index is -0.0525. The van der Waals surface area contributed by atoms with Crippen LogP contribution in [0, 0.1) is 0 Å². The van der Waals surface area contributed by atoms with Gasteiger partial charge in [0.15, 0.2) is 0 Å². The van der Waals surface area contributed by atoms with Gasteiger partial charge in [0.05, 0.1) is 13.1 Å². The van der Waals surface area contributed by atoms with Gasteiger partial charge in [0, 0.05) is 18.8 Å². The molecule has 2 nitrogen and oxygen atoms in total. The van der Waals surface area contributed by atoms with Crippen LogP contribution in [0.5, 0.6) is 0 Å². The number of aliphatic hydroxyl groups is 1. The first kappa shape index (κ1) is 12.2. The van der Waals surface area contributed by atoms with Crippen LogP contribution in [0.3, 0.4) is 0 Å². The fourth-order valence-electron chi connectivity index (χ4n) is 3.81. The second-order valence-electron chi connectivity index (χ2n) is 5.97. The van der Waals surface area contributed by atoms with E-state index in [2.05, 4.69) is 30.3 Å². The third-order valence-corrected chi connectivity index (χ3v) is 4.85. The topological polar surface area (TPSA) is 24.7 Å². The summed E-state index contributed by atoms with van der Waals surface area (Å²) in [5.41, 5.74) is 1.48. The van der Waals surface area contributed by atoms with Gasteiger partial charge in [-0.15, -0.1) is 0 Å². The zero-order valence-corrected chi connectivity index (χ0v) is 11.0. The van der Waals surface area contributed by atoms with Gasteiger partial charge in [-0.25, -0.2) is 0 Å². The van der Waals surface area contributed by atoms with Crippen LogP contribution in [-0.4, -0.2) is 30.3 Å². The van der Waals surface area contributed by atoms with Gasteiger partial charge >= 0.3 is 0 Å². The SMILES string of the molecule is OC1CCCCC1[NH+]1CCC(c2ccccc2)C1. The van der Waals surface area contributed by atoms with Gasteiger partial charge in [-0.1, -0.05) is 36.8 Å². The second kappa shape index (κ2) is 5.41.